The van der Waals surface area contributed by atoms with Crippen LogP contribution >= 0.6 is 0 Å². The predicted molar refractivity (Wildman–Crippen MR) is 87.3 cm³/mol. The van der Waals surface area contributed by atoms with Crippen LogP contribution in [0, 0.1) is 13.8 Å². The minimum absolute atomic E-state index is 0.0668. The number of carbonyl (C=O) groups is 1. The lowest BCUT2D eigenvalue weighted by atomic mass is 10.00. The number of hydrogen-bond donors (Lipinski definition) is 0. The molecular weight excluding hydrogens is 274 g/mol. The minimum atomic E-state index is 0.0668. The van der Waals surface area contributed by atoms with E-state index in [0.29, 0.717) is 6.54 Å². The second kappa shape index (κ2) is 5.79. The highest BCUT2D eigenvalue weighted by atomic mass is 16.2. The van der Waals surface area contributed by atoms with Crippen LogP contribution < -0.4 is 0 Å². The summed E-state index contributed by atoms with van der Waals surface area (Å²) in [6.07, 6.45) is 4.49. The zero-order valence-electron chi connectivity index (χ0n) is 13.3. The molecule has 0 bridgehead atoms. The SMILES string of the molecule is Cc1nn(C)c(C)c1C=CC(=O)N1CCc2ccccc2C1. The first kappa shape index (κ1) is 14.6. The van der Waals surface area contributed by atoms with Gasteiger partial charge in [0.05, 0.1) is 5.69 Å². The first-order chi connectivity index (χ1) is 10.6. The summed E-state index contributed by atoms with van der Waals surface area (Å²) in [6.45, 7) is 5.46. The van der Waals surface area contributed by atoms with E-state index in [1.54, 1.807) is 6.08 Å². The van der Waals surface area contributed by atoms with E-state index in [2.05, 4.69) is 23.3 Å². The van der Waals surface area contributed by atoms with Gasteiger partial charge in [-0.3, -0.25) is 9.48 Å². The highest BCUT2D eigenvalue weighted by Gasteiger charge is 2.18. The number of nitrogens with zero attached hydrogens (tertiary/aromatic N) is 3. The molecular formula is C18H21N3O. The van der Waals surface area contributed by atoms with Crippen LogP contribution in [0.15, 0.2) is 30.3 Å². The van der Waals surface area contributed by atoms with Crippen LogP contribution in [0.2, 0.25) is 0 Å². The monoisotopic (exact) mass is 295 g/mol. The van der Waals surface area contributed by atoms with E-state index in [1.165, 1.54) is 11.1 Å². The van der Waals surface area contributed by atoms with Gasteiger partial charge in [-0.05, 0) is 37.5 Å². The van der Waals surface area contributed by atoms with E-state index in [1.807, 2.05) is 42.6 Å². The Labute approximate surface area is 131 Å². The summed E-state index contributed by atoms with van der Waals surface area (Å²) < 4.78 is 1.84. The number of benzene rings is 1. The number of hydrogen-bond acceptors (Lipinski definition) is 2. The van der Waals surface area contributed by atoms with Crippen LogP contribution in [0.3, 0.4) is 0 Å². The van der Waals surface area contributed by atoms with Gasteiger partial charge >= 0.3 is 0 Å². The molecule has 4 heteroatoms. The second-order valence-electron chi connectivity index (χ2n) is 5.82. The zero-order valence-corrected chi connectivity index (χ0v) is 13.3. The Hall–Kier alpha value is -2.36. The topological polar surface area (TPSA) is 38.1 Å². The Morgan fingerprint density at radius 1 is 1.23 bits per heavy atom. The molecule has 1 amide bonds. The summed E-state index contributed by atoms with van der Waals surface area (Å²) in [7, 11) is 1.92. The highest BCUT2D eigenvalue weighted by Crippen LogP contribution is 2.19. The van der Waals surface area contributed by atoms with E-state index in [4.69, 9.17) is 0 Å². The van der Waals surface area contributed by atoms with Gasteiger partial charge in [0.25, 0.3) is 0 Å². The average molecular weight is 295 g/mol. The summed E-state index contributed by atoms with van der Waals surface area (Å²) in [6, 6.07) is 8.35. The van der Waals surface area contributed by atoms with Gasteiger partial charge in [-0.25, -0.2) is 0 Å². The number of rotatable bonds is 2. The fourth-order valence-corrected chi connectivity index (χ4v) is 2.98. The maximum atomic E-state index is 12.4. The second-order valence-corrected chi connectivity index (χ2v) is 5.82. The number of amides is 1. The van der Waals surface area contributed by atoms with Crippen molar-refractivity contribution in [3.8, 4) is 0 Å². The third-order valence-electron chi connectivity index (χ3n) is 4.40. The van der Waals surface area contributed by atoms with E-state index in [9.17, 15) is 4.79 Å². The Kier molecular flexibility index (Phi) is 3.84. The van der Waals surface area contributed by atoms with Crippen molar-refractivity contribution < 1.29 is 4.79 Å². The van der Waals surface area contributed by atoms with Crippen LogP contribution in [-0.4, -0.2) is 27.1 Å². The molecule has 0 N–H and O–H groups in total. The Morgan fingerprint density at radius 2 is 1.95 bits per heavy atom. The van der Waals surface area contributed by atoms with Gasteiger partial charge in [0.1, 0.15) is 0 Å². The smallest absolute Gasteiger partial charge is 0.246 e. The molecule has 4 nitrogen and oxygen atoms in total. The number of aromatic nitrogens is 2. The summed E-state index contributed by atoms with van der Waals surface area (Å²) in [4.78, 5) is 14.3. The van der Waals surface area contributed by atoms with Crippen molar-refractivity contribution in [2.24, 2.45) is 7.05 Å². The van der Waals surface area contributed by atoms with E-state index < -0.39 is 0 Å². The molecule has 22 heavy (non-hydrogen) atoms. The molecule has 0 radical (unpaired) electrons. The van der Waals surface area contributed by atoms with Crippen LogP contribution in [0.5, 0.6) is 0 Å². The van der Waals surface area contributed by atoms with E-state index in [-0.39, 0.29) is 5.91 Å². The molecule has 0 saturated heterocycles. The van der Waals surface area contributed by atoms with Gasteiger partial charge in [-0.2, -0.15) is 5.10 Å². The predicted octanol–water partition coefficient (Wildman–Crippen LogP) is 2.64. The molecule has 1 aliphatic rings. The third kappa shape index (κ3) is 2.69. The van der Waals surface area contributed by atoms with Crippen molar-refractivity contribution in [1.82, 2.24) is 14.7 Å². The highest BCUT2D eigenvalue weighted by molar-refractivity contribution is 5.92. The minimum Gasteiger partial charge on any atom is -0.334 e. The molecule has 0 fully saturated rings. The van der Waals surface area contributed by atoms with Crippen molar-refractivity contribution in [1.29, 1.82) is 0 Å². The molecule has 1 aliphatic heterocycles. The molecule has 0 unspecified atom stereocenters. The first-order valence-corrected chi connectivity index (χ1v) is 7.60. The Morgan fingerprint density at radius 3 is 2.64 bits per heavy atom. The largest absolute Gasteiger partial charge is 0.334 e. The molecule has 1 aromatic heterocycles. The van der Waals surface area contributed by atoms with E-state index in [0.717, 1.165) is 29.9 Å². The molecule has 2 aromatic rings. The lowest BCUT2D eigenvalue weighted by molar-refractivity contribution is -0.126. The molecule has 0 spiro atoms. The van der Waals surface area contributed by atoms with Crippen molar-refractivity contribution in [3.05, 3.63) is 58.4 Å². The summed E-state index contributed by atoms with van der Waals surface area (Å²) in [5.74, 6) is 0.0668. The van der Waals surface area contributed by atoms with Crippen molar-refractivity contribution in [2.75, 3.05) is 6.54 Å². The van der Waals surface area contributed by atoms with Gasteiger partial charge < -0.3 is 4.90 Å². The van der Waals surface area contributed by atoms with Gasteiger partial charge in [0, 0.05) is 37.5 Å². The molecule has 1 aromatic carbocycles. The normalized spacial score (nSPS) is 14.4. The Bertz CT molecular complexity index is 743. The molecule has 0 aliphatic carbocycles. The molecule has 114 valence electrons. The first-order valence-electron chi connectivity index (χ1n) is 7.60. The van der Waals surface area contributed by atoms with Crippen LogP contribution in [-0.2, 0) is 24.8 Å². The fraction of sp³-hybridized carbons (Fsp3) is 0.333. The standard InChI is InChI=1S/C18H21N3O/c1-13-17(14(2)20(3)19-13)8-9-18(22)21-11-10-15-6-4-5-7-16(15)12-21/h4-9H,10-12H2,1-3H3. The summed E-state index contributed by atoms with van der Waals surface area (Å²) in [5, 5.41) is 4.37. The maximum Gasteiger partial charge on any atom is 0.246 e. The van der Waals surface area contributed by atoms with Crippen molar-refractivity contribution in [3.63, 3.8) is 0 Å². The Balaban J connectivity index is 1.74. The fourth-order valence-electron chi connectivity index (χ4n) is 2.98. The van der Waals surface area contributed by atoms with Gasteiger partial charge in [-0.1, -0.05) is 24.3 Å². The van der Waals surface area contributed by atoms with Crippen LogP contribution in [0.1, 0.15) is 28.1 Å². The maximum absolute atomic E-state index is 12.4. The summed E-state index contributed by atoms with van der Waals surface area (Å²) in [5.41, 5.74) is 5.67. The molecule has 0 atom stereocenters. The van der Waals surface area contributed by atoms with Gasteiger partial charge in [0.15, 0.2) is 0 Å². The quantitative estimate of drug-likeness (QED) is 0.799. The zero-order chi connectivity index (χ0) is 15.7. The van der Waals surface area contributed by atoms with Crippen molar-refractivity contribution >= 4 is 12.0 Å². The average Bonchev–Trinajstić information content (AvgIpc) is 2.77. The van der Waals surface area contributed by atoms with Crippen molar-refractivity contribution in [2.45, 2.75) is 26.8 Å². The lowest BCUT2D eigenvalue weighted by Gasteiger charge is -2.27. The summed E-state index contributed by atoms with van der Waals surface area (Å²) >= 11 is 0. The third-order valence-corrected chi connectivity index (χ3v) is 4.40. The van der Waals surface area contributed by atoms with Gasteiger partial charge in [-0.15, -0.1) is 0 Å². The number of carbonyl (C=O) groups excluding carboxylic acids is 1. The van der Waals surface area contributed by atoms with Crippen LogP contribution in [0.25, 0.3) is 6.08 Å². The van der Waals surface area contributed by atoms with E-state index >= 15 is 0 Å². The van der Waals surface area contributed by atoms with Gasteiger partial charge in [0.2, 0.25) is 5.91 Å². The molecule has 0 saturated carbocycles. The molecule has 2 heterocycles. The number of fused-ring (bicyclic) bond motifs is 1. The number of aryl methyl sites for hydroxylation is 2. The lowest BCUT2D eigenvalue weighted by Crippen LogP contribution is -2.34. The molecule has 3 rings (SSSR count). The van der Waals surface area contributed by atoms with Crippen LogP contribution in [0.4, 0.5) is 0 Å².